The second-order valence-electron chi connectivity index (χ2n) is 4.10. The van der Waals surface area contributed by atoms with Crippen molar-refractivity contribution >= 4 is 16.0 Å². The van der Waals surface area contributed by atoms with Crippen LogP contribution in [0.15, 0.2) is 0 Å². The number of sulfonamides is 1. The van der Waals surface area contributed by atoms with Gasteiger partial charge in [0.25, 0.3) is 0 Å². The molecule has 0 atom stereocenters. The van der Waals surface area contributed by atoms with Gasteiger partial charge in [0.05, 0.1) is 13.2 Å². The van der Waals surface area contributed by atoms with Crippen LogP contribution >= 0.6 is 0 Å². The Hall–Kier alpha value is -0.660. The summed E-state index contributed by atoms with van der Waals surface area (Å²) < 4.78 is 28.7. The molecule has 6 nitrogen and oxygen atoms in total. The Balaban J connectivity index is 2.45. The fourth-order valence-corrected chi connectivity index (χ4v) is 2.72. The van der Waals surface area contributed by atoms with E-state index in [1.165, 1.54) is 7.05 Å². The molecule has 1 saturated carbocycles. The summed E-state index contributed by atoms with van der Waals surface area (Å²) in [4.78, 5) is 10.9. The molecule has 0 radical (unpaired) electrons. The minimum atomic E-state index is -3.58. The van der Waals surface area contributed by atoms with Crippen molar-refractivity contribution in [2.24, 2.45) is 5.92 Å². The van der Waals surface area contributed by atoms with E-state index in [1.54, 1.807) is 0 Å². The highest BCUT2D eigenvalue weighted by atomic mass is 32.2. The first kappa shape index (κ1) is 13.4. The van der Waals surface area contributed by atoms with Gasteiger partial charge in [-0.25, -0.2) is 12.7 Å². The monoisotopic (exact) mass is 251 g/mol. The first-order chi connectivity index (χ1) is 7.35. The number of carbonyl (C=O) groups excluding carboxylic acids is 1. The molecule has 1 aliphatic rings. The summed E-state index contributed by atoms with van der Waals surface area (Å²) >= 11 is 0. The van der Waals surface area contributed by atoms with Gasteiger partial charge in [0.15, 0.2) is 5.75 Å². The lowest BCUT2D eigenvalue weighted by Gasteiger charge is -2.33. The third kappa shape index (κ3) is 3.43. The van der Waals surface area contributed by atoms with Gasteiger partial charge >= 0.3 is 5.97 Å². The van der Waals surface area contributed by atoms with Gasteiger partial charge in [-0.2, -0.15) is 0 Å². The molecule has 0 aromatic rings. The molecule has 16 heavy (non-hydrogen) atoms. The Morgan fingerprint density at radius 1 is 1.50 bits per heavy atom. The van der Waals surface area contributed by atoms with E-state index in [-0.39, 0.29) is 12.0 Å². The van der Waals surface area contributed by atoms with Crippen LogP contribution < -0.4 is 0 Å². The highest BCUT2D eigenvalue weighted by molar-refractivity contribution is 7.89. The molecule has 7 heteroatoms. The number of aliphatic hydroxyl groups is 1. The van der Waals surface area contributed by atoms with E-state index in [0.29, 0.717) is 19.4 Å². The fourth-order valence-electron chi connectivity index (χ4n) is 1.64. The van der Waals surface area contributed by atoms with Crippen molar-refractivity contribution in [2.75, 3.05) is 26.5 Å². The predicted octanol–water partition coefficient (Wildman–Crippen LogP) is -0.808. The number of hydrogen-bond acceptors (Lipinski definition) is 5. The molecule has 1 rings (SSSR count). The van der Waals surface area contributed by atoms with Gasteiger partial charge in [0.1, 0.15) is 0 Å². The van der Waals surface area contributed by atoms with Crippen LogP contribution in [0.5, 0.6) is 0 Å². The second kappa shape index (κ2) is 5.11. The Morgan fingerprint density at radius 3 is 2.50 bits per heavy atom. The van der Waals surface area contributed by atoms with Gasteiger partial charge in [0, 0.05) is 13.6 Å². The quantitative estimate of drug-likeness (QED) is 0.646. The molecular weight excluding hydrogens is 234 g/mol. The molecule has 1 N–H and O–H groups in total. The third-order valence-corrected chi connectivity index (χ3v) is 4.43. The maximum absolute atomic E-state index is 11.6. The van der Waals surface area contributed by atoms with Crippen molar-refractivity contribution in [3.05, 3.63) is 0 Å². The van der Waals surface area contributed by atoms with Crippen LogP contribution in [0, 0.1) is 5.92 Å². The molecule has 0 bridgehead atoms. The van der Waals surface area contributed by atoms with Gasteiger partial charge in [0.2, 0.25) is 10.0 Å². The minimum Gasteiger partial charge on any atom is -0.468 e. The summed E-state index contributed by atoms with van der Waals surface area (Å²) in [6.07, 6.45) is 0.942. The average molecular weight is 251 g/mol. The molecule has 0 spiro atoms. The van der Waals surface area contributed by atoms with Crippen LogP contribution in [-0.2, 0) is 19.6 Å². The van der Waals surface area contributed by atoms with E-state index < -0.39 is 21.7 Å². The zero-order valence-electron chi connectivity index (χ0n) is 9.42. The SMILES string of the molecule is COC(=O)CS(=O)(=O)N(C)CC1CC(O)C1. The van der Waals surface area contributed by atoms with Crippen LogP contribution in [0.3, 0.4) is 0 Å². The molecule has 0 heterocycles. The number of rotatable bonds is 5. The van der Waals surface area contributed by atoms with Crippen molar-refractivity contribution in [3.63, 3.8) is 0 Å². The third-order valence-electron chi connectivity index (χ3n) is 2.73. The second-order valence-corrected chi connectivity index (χ2v) is 6.18. The van der Waals surface area contributed by atoms with E-state index in [4.69, 9.17) is 5.11 Å². The minimum absolute atomic E-state index is 0.187. The zero-order chi connectivity index (χ0) is 12.3. The van der Waals surface area contributed by atoms with Gasteiger partial charge in [-0.05, 0) is 18.8 Å². The topological polar surface area (TPSA) is 83.9 Å². The first-order valence-electron chi connectivity index (χ1n) is 5.04. The Labute approximate surface area is 95.2 Å². The fraction of sp³-hybridized carbons (Fsp3) is 0.889. The van der Waals surface area contributed by atoms with E-state index in [1.807, 2.05) is 0 Å². The molecular formula is C9H17NO5S. The lowest BCUT2D eigenvalue weighted by atomic mass is 9.82. The average Bonchev–Trinajstić information content (AvgIpc) is 2.14. The largest absolute Gasteiger partial charge is 0.468 e. The maximum Gasteiger partial charge on any atom is 0.322 e. The zero-order valence-corrected chi connectivity index (χ0v) is 10.2. The number of nitrogens with zero attached hydrogens (tertiary/aromatic N) is 1. The lowest BCUT2D eigenvalue weighted by molar-refractivity contribution is -0.137. The molecule has 94 valence electrons. The molecule has 0 aromatic heterocycles. The first-order valence-corrected chi connectivity index (χ1v) is 6.65. The predicted molar refractivity (Wildman–Crippen MR) is 57.2 cm³/mol. The number of carbonyl (C=O) groups is 1. The lowest BCUT2D eigenvalue weighted by Crippen LogP contribution is -2.41. The molecule has 0 saturated heterocycles. The number of esters is 1. The van der Waals surface area contributed by atoms with Crippen LogP contribution in [-0.4, -0.2) is 56.4 Å². The molecule has 0 aliphatic heterocycles. The van der Waals surface area contributed by atoms with Crippen molar-refractivity contribution in [1.82, 2.24) is 4.31 Å². The van der Waals surface area contributed by atoms with Gasteiger partial charge in [-0.3, -0.25) is 4.79 Å². The van der Waals surface area contributed by atoms with Gasteiger partial charge < -0.3 is 9.84 Å². The van der Waals surface area contributed by atoms with Crippen molar-refractivity contribution in [1.29, 1.82) is 0 Å². The molecule has 0 aromatic carbocycles. The summed E-state index contributed by atoms with van der Waals surface area (Å²) in [6, 6.07) is 0. The molecule has 1 aliphatic carbocycles. The smallest absolute Gasteiger partial charge is 0.322 e. The normalized spacial score (nSPS) is 25.2. The maximum atomic E-state index is 11.6. The van der Waals surface area contributed by atoms with E-state index >= 15 is 0 Å². The standard InChI is InChI=1S/C9H17NO5S/c1-10(5-7-3-8(11)4-7)16(13,14)6-9(12)15-2/h7-8,11H,3-6H2,1-2H3. The van der Waals surface area contributed by atoms with Crippen molar-refractivity contribution in [3.8, 4) is 0 Å². The molecule has 0 amide bonds. The number of methoxy groups -OCH3 is 1. The van der Waals surface area contributed by atoms with E-state index in [9.17, 15) is 13.2 Å². The van der Waals surface area contributed by atoms with Crippen molar-refractivity contribution in [2.45, 2.75) is 18.9 Å². The van der Waals surface area contributed by atoms with E-state index in [2.05, 4.69) is 4.74 Å². The van der Waals surface area contributed by atoms with Crippen molar-refractivity contribution < 1.29 is 23.1 Å². The number of hydrogen-bond donors (Lipinski definition) is 1. The van der Waals surface area contributed by atoms with Crippen LogP contribution in [0.25, 0.3) is 0 Å². The number of ether oxygens (including phenoxy) is 1. The highest BCUT2D eigenvalue weighted by Crippen LogP contribution is 2.28. The summed E-state index contributed by atoms with van der Waals surface area (Å²) in [5, 5.41) is 9.08. The van der Waals surface area contributed by atoms with Crippen LogP contribution in [0.2, 0.25) is 0 Å². The van der Waals surface area contributed by atoms with Gasteiger partial charge in [-0.15, -0.1) is 0 Å². The summed E-state index contributed by atoms with van der Waals surface area (Å²) in [5.74, 6) is -1.21. The Bertz CT molecular complexity index is 347. The van der Waals surface area contributed by atoms with Crippen LogP contribution in [0.1, 0.15) is 12.8 Å². The molecule has 0 unspecified atom stereocenters. The molecule has 1 fully saturated rings. The van der Waals surface area contributed by atoms with Gasteiger partial charge in [-0.1, -0.05) is 0 Å². The van der Waals surface area contributed by atoms with E-state index in [0.717, 1.165) is 11.4 Å². The number of aliphatic hydroxyl groups excluding tert-OH is 1. The highest BCUT2D eigenvalue weighted by Gasteiger charge is 2.31. The summed E-state index contributed by atoms with van der Waals surface area (Å²) in [5.41, 5.74) is 0. The van der Waals surface area contributed by atoms with Crippen LogP contribution in [0.4, 0.5) is 0 Å². The summed E-state index contributed by atoms with van der Waals surface area (Å²) in [6.45, 7) is 0.344. The Morgan fingerprint density at radius 2 is 2.06 bits per heavy atom. The summed E-state index contributed by atoms with van der Waals surface area (Å²) in [7, 11) is -0.997. The Kier molecular flexibility index (Phi) is 4.28.